The minimum atomic E-state index is -0.156. The molecular formula is C22H27NO4. The molecule has 2 atom stereocenters. The summed E-state index contributed by atoms with van der Waals surface area (Å²) in [6, 6.07) is 17.8. The van der Waals surface area contributed by atoms with E-state index in [-0.39, 0.29) is 18.1 Å². The van der Waals surface area contributed by atoms with Crippen molar-refractivity contribution in [1.82, 2.24) is 4.90 Å². The molecule has 0 bridgehead atoms. The summed E-state index contributed by atoms with van der Waals surface area (Å²) in [6.07, 6.45) is 1.02. The largest absolute Gasteiger partial charge is 0.497 e. The molecule has 1 amide bonds. The monoisotopic (exact) mass is 369 g/mol. The smallest absolute Gasteiger partial charge is 0.223 e. The van der Waals surface area contributed by atoms with E-state index in [1.54, 1.807) is 14.2 Å². The SMILES string of the molecule is COC[C@@H]1OCCN(C(=O)CCc2ccc(OC)cc2)[C@H]1c1ccccc1. The lowest BCUT2D eigenvalue weighted by atomic mass is 9.97. The van der Waals surface area contributed by atoms with Crippen molar-refractivity contribution in [3.05, 3.63) is 65.7 Å². The van der Waals surface area contributed by atoms with E-state index in [0.29, 0.717) is 32.6 Å². The molecule has 2 aromatic rings. The molecule has 3 rings (SSSR count). The Labute approximate surface area is 160 Å². The average Bonchev–Trinajstić information content (AvgIpc) is 2.73. The number of morpholine rings is 1. The number of nitrogens with zero attached hydrogens (tertiary/aromatic N) is 1. The number of benzene rings is 2. The number of aryl methyl sites for hydroxylation is 1. The van der Waals surface area contributed by atoms with E-state index in [4.69, 9.17) is 14.2 Å². The maximum atomic E-state index is 13.0. The number of amides is 1. The van der Waals surface area contributed by atoms with Gasteiger partial charge in [-0.25, -0.2) is 0 Å². The van der Waals surface area contributed by atoms with Crippen molar-refractivity contribution >= 4 is 5.91 Å². The topological polar surface area (TPSA) is 48.0 Å². The third kappa shape index (κ3) is 4.87. The fourth-order valence-corrected chi connectivity index (χ4v) is 3.55. The highest BCUT2D eigenvalue weighted by Gasteiger charge is 2.36. The Hall–Kier alpha value is -2.37. The van der Waals surface area contributed by atoms with Crippen molar-refractivity contribution in [1.29, 1.82) is 0 Å². The second-order valence-electron chi connectivity index (χ2n) is 6.66. The summed E-state index contributed by atoms with van der Waals surface area (Å²) in [4.78, 5) is 15.0. The molecule has 1 fully saturated rings. The van der Waals surface area contributed by atoms with Gasteiger partial charge in [0.1, 0.15) is 11.9 Å². The number of ether oxygens (including phenoxy) is 3. The predicted octanol–water partition coefficient (Wildman–Crippen LogP) is 3.24. The zero-order chi connectivity index (χ0) is 19.1. The molecule has 0 radical (unpaired) electrons. The minimum absolute atomic E-state index is 0.122. The van der Waals surface area contributed by atoms with Crippen LogP contribution in [0, 0.1) is 0 Å². The number of hydrogen-bond donors (Lipinski definition) is 0. The van der Waals surface area contributed by atoms with E-state index >= 15 is 0 Å². The first-order valence-corrected chi connectivity index (χ1v) is 9.31. The second-order valence-corrected chi connectivity index (χ2v) is 6.66. The van der Waals surface area contributed by atoms with Gasteiger partial charge in [-0.05, 0) is 29.7 Å². The van der Waals surface area contributed by atoms with Gasteiger partial charge in [0.15, 0.2) is 0 Å². The predicted molar refractivity (Wildman–Crippen MR) is 104 cm³/mol. The highest BCUT2D eigenvalue weighted by atomic mass is 16.5. The highest BCUT2D eigenvalue weighted by molar-refractivity contribution is 5.77. The van der Waals surface area contributed by atoms with Crippen molar-refractivity contribution in [3.8, 4) is 5.75 Å². The highest BCUT2D eigenvalue weighted by Crippen LogP contribution is 2.30. The summed E-state index contributed by atoms with van der Waals surface area (Å²) < 4.78 is 16.4. The van der Waals surface area contributed by atoms with E-state index in [9.17, 15) is 4.79 Å². The average molecular weight is 369 g/mol. The molecule has 1 heterocycles. The van der Waals surface area contributed by atoms with Gasteiger partial charge in [-0.15, -0.1) is 0 Å². The van der Waals surface area contributed by atoms with Gasteiger partial charge in [-0.3, -0.25) is 4.79 Å². The van der Waals surface area contributed by atoms with Crippen LogP contribution >= 0.6 is 0 Å². The van der Waals surface area contributed by atoms with Crippen LogP contribution in [0.2, 0.25) is 0 Å². The molecule has 1 aliphatic rings. The van der Waals surface area contributed by atoms with Gasteiger partial charge in [-0.1, -0.05) is 42.5 Å². The number of methoxy groups -OCH3 is 2. The van der Waals surface area contributed by atoms with Crippen LogP contribution in [-0.2, 0) is 20.7 Å². The van der Waals surface area contributed by atoms with Gasteiger partial charge in [0, 0.05) is 20.1 Å². The third-order valence-electron chi connectivity index (χ3n) is 4.93. The number of rotatable bonds is 7. The van der Waals surface area contributed by atoms with Crippen LogP contribution in [0.5, 0.6) is 5.75 Å². The Morgan fingerprint density at radius 3 is 2.52 bits per heavy atom. The van der Waals surface area contributed by atoms with Crippen LogP contribution < -0.4 is 4.74 Å². The summed E-state index contributed by atoms with van der Waals surface area (Å²) in [5, 5.41) is 0. The molecule has 0 aliphatic carbocycles. The number of carbonyl (C=O) groups excluding carboxylic acids is 1. The lowest BCUT2D eigenvalue weighted by Crippen LogP contribution is -2.49. The third-order valence-corrected chi connectivity index (χ3v) is 4.93. The molecule has 0 aromatic heterocycles. The van der Waals surface area contributed by atoms with E-state index in [1.165, 1.54) is 0 Å². The molecular weight excluding hydrogens is 342 g/mol. The van der Waals surface area contributed by atoms with Crippen molar-refractivity contribution in [2.24, 2.45) is 0 Å². The maximum Gasteiger partial charge on any atom is 0.223 e. The van der Waals surface area contributed by atoms with Crippen molar-refractivity contribution in [2.45, 2.75) is 25.0 Å². The van der Waals surface area contributed by atoms with Crippen LogP contribution in [0.4, 0.5) is 0 Å². The summed E-state index contributed by atoms with van der Waals surface area (Å²) >= 11 is 0. The molecule has 5 nitrogen and oxygen atoms in total. The lowest BCUT2D eigenvalue weighted by molar-refractivity contribution is -0.151. The van der Waals surface area contributed by atoms with E-state index in [2.05, 4.69) is 0 Å². The maximum absolute atomic E-state index is 13.0. The zero-order valence-corrected chi connectivity index (χ0v) is 16.0. The van der Waals surface area contributed by atoms with Crippen LogP contribution in [-0.4, -0.2) is 50.9 Å². The Bertz CT molecular complexity index is 715. The summed E-state index contributed by atoms with van der Waals surface area (Å²) in [5.74, 6) is 0.967. The first kappa shape index (κ1) is 19.4. The van der Waals surface area contributed by atoms with Gasteiger partial charge in [0.2, 0.25) is 5.91 Å². The standard InChI is InChI=1S/C22H27NO4/c1-25-16-20-22(18-6-4-3-5-7-18)23(14-15-27-20)21(24)13-10-17-8-11-19(26-2)12-9-17/h3-9,11-12,20,22H,10,13-16H2,1-2H3/t20-,22-/m0/s1. The van der Waals surface area contributed by atoms with Crippen LogP contribution in [0.1, 0.15) is 23.6 Å². The van der Waals surface area contributed by atoms with Gasteiger partial charge in [-0.2, -0.15) is 0 Å². The minimum Gasteiger partial charge on any atom is -0.497 e. The normalized spacial score (nSPS) is 19.7. The van der Waals surface area contributed by atoms with E-state index in [1.807, 2.05) is 59.5 Å². The Morgan fingerprint density at radius 1 is 1.11 bits per heavy atom. The number of carbonyl (C=O) groups is 1. The molecule has 0 spiro atoms. The number of hydrogen-bond acceptors (Lipinski definition) is 4. The van der Waals surface area contributed by atoms with Crippen molar-refractivity contribution < 1.29 is 19.0 Å². The molecule has 0 saturated carbocycles. The van der Waals surface area contributed by atoms with Crippen LogP contribution in [0.25, 0.3) is 0 Å². The molecule has 0 N–H and O–H groups in total. The van der Waals surface area contributed by atoms with Crippen molar-refractivity contribution in [2.75, 3.05) is 34.0 Å². The molecule has 1 aliphatic heterocycles. The second kappa shape index (κ2) is 9.53. The van der Waals surface area contributed by atoms with E-state index in [0.717, 1.165) is 16.9 Å². The van der Waals surface area contributed by atoms with Gasteiger partial charge >= 0.3 is 0 Å². The van der Waals surface area contributed by atoms with Gasteiger partial charge in [0.05, 0.1) is 26.4 Å². The van der Waals surface area contributed by atoms with Crippen molar-refractivity contribution in [3.63, 3.8) is 0 Å². The molecule has 27 heavy (non-hydrogen) atoms. The van der Waals surface area contributed by atoms with Crippen LogP contribution in [0.15, 0.2) is 54.6 Å². The fraction of sp³-hybridized carbons (Fsp3) is 0.409. The van der Waals surface area contributed by atoms with Gasteiger partial charge in [0.25, 0.3) is 0 Å². The fourth-order valence-electron chi connectivity index (χ4n) is 3.55. The molecule has 144 valence electrons. The molecule has 0 unspecified atom stereocenters. The Kier molecular flexibility index (Phi) is 6.85. The molecule has 1 saturated heterocycles. The zero-order valence-electron chi connectivity index (χ0n) is 16.0. The summed E-state index contributed by atoms with van der Waals surface area (Å²) in [6.45, 7) is 1.59. The first-order chi connectivity index (χ1) is 13.2. The van der Waals surface area contributed by atoms with Gasteiger partial charge < -0.3 is 19.1 Å². The summed E-state index contributed by atoms with van der Waals surface area (Å²) in [7, 11) is 3.31. The van der Waals surface area contributed by atoms with E-state index < -0.39 is 0 Å². The Balaban J connectivity index is 1.71. The Morgan fingerprint density at radius 2 is 1.85 bits per heavy atom. The van der Waals surface area contributed by atoms with Crippen LogP contribution in [0.3, 0.4) is 0 Å². The quantitative estimate of drug-likeness (QED) is 0.752. The summed E-state index contributed by atoms with van der Waals surface area (Å²) in [5.41, 5.74) is 2.21. The first-order valence-electron chi connectivity index (χ1n) is 9.31. The molecule has 2 aromatic carbocycles. The lowest BCUT2D eigenvalue weighted by Gasteiger charge is -2.41. The molecule has 5 heteroatoms.